The van der Waals surface area contributed by atoms with E-state index in [1.54, 1.807) is 0 Å². The Morgan fingerprint density at radius 2 is 2.43 bits per heavy atom. The van der Waals surface area contributed by atoms with Gasteiger partial charge in [-0.3, -0.25) is 5.10 Å². The maximum atomic E-state index is 4.14. The summed E-state index contributed by atoms with van der Waals surface area (Å²) in [5.74, 6) is 0.863. The molecule has 1 N–H and O–H groups in total. The van der Waals surface area contributed by atoms with E-state index in [0.717, 1.165) is 12.0 Å². The van der Waals surface area contributed by atoms with E-state index in [0.29, 0.717) is 0 Å². The second-order valence-electron chi connectivity index (χ2n) is 4.73. The zero-order chi connectivity index (χ0) is 9.54. The second kappa shape index (κ2) is 3.09. The molecule has 1 aliphatic carbocycles. The van der Waals surface area contributed by atoms with E-state index < -0.39 is 0 Å². The Kier molecular flexibility index (Phi) is 1.87. The van der Waals surface area contributed by atoms with Crippen LogP contribution >= 0.6 is 0 Å². The molecule has 2 unspecified atom stereocenters. The summed E-state index contributed by atoms with van der Waals surface area (Å²) >= 11 is 0. The highest BCUT2D eigenvalue weighted by Crippen LogP contribution is 2.33. The summed E-state index contributed by atoms with van der Waals surface area (Å²) < 4.78 is 0. The van der Waals surface area contributed by atoms with Crippen LogP contribution in [0, 0.1) is 5.92 Å². The lowest BCUT2D eigenvalue weighted by Gasteiger charge is -2.41. The van der Waals surface area contributed by atoms with Crippen molar-refractivity contribution in [2.24, 2.45) is 5.92 Å². The number of likely N-dealkylation sites (tertiary alicyclic amines) is 1. The van der Waals surface area contributed by atoms with Gasteiger partial charge >= 0.3 is 0 Å². The number of likely N-dealkylation sites (N-methyl/N-ethyl adjacent to an activating group) is 1. The average Bonchev–Trinajstić information content (AvgIpc) is 2.62. The molecule has 1 aliphatic heterocycles. The standard InChI is InChI=1S/C11H17N3/c1-14-4-2-3-8-5-10-9(6-11(8)14)7-12-13-10/h7-8,11H,2-6H2,1H3,(H,12,13). The van der Waals surface area contributed by atoms with E-state index in [4.69, 9.17) is 0 Å². The Balaban J connectivity index is 1.90. The van der Waals surface area contributed by atoms with Gasteiger partial charge in [0.25, 0.3) is 0 Å². The molecule has 14 heavy (non-hydrogen) atoms. The molecule has 1 aromatic heterocycles. The molecule has 0 radical (unpaired) electrons. The highest BCUT2D eigenvalue weighted by Gasteiger charge is 2.34. The molecule has 1 fully saturated rings. The molecule has 0 aromatic carbocycles. The number of aromatic amines is 1. The number of fused-ring (bicyclic) bond motifs is 2. The van der Waals surface area contributed by atoms with Crippen LogP contribution in [0.5, 0.6) is 0 Å². The van der Waals surface area contributed by atoms with Gasteiger partial charge < -0.3 is 4.90 Å². The minimum Gasteiger partial charge on any atom is -0.303 e. The topological polar surface area (TPSA) is 31.9 Å². The fourth-order valence-corrected chi connectivity index (χ4v) is 3.06. The smallest absolute Gasteiger partial charge is 0.0522 e. The highest BCUT2D eigenvalue weighted by atomic mass is 15.2. The van der Waals surface area contributed by atoms with Crippen molar-refractivity contribution in [3.8, 4) is 0 Å². The van der Waals surface area contributed by atoms with Gasteiger partial charge in [-0.15, -0.1) is 0 Å². The molecule has 0 bridgehead atoms. The third-order valence-electron chi connectivity index (χ3n) is 3.90. The van der Waals surface area contributed by atoms with E-state index in [1.807, 2.05) is 6.20 Å². The molecule has 2 aliphatic rings. The maximum Gasteiger partial charge on any atom is 0.0522 e. The van der Waals surface area contributed by atoms with Crippen LogP contribution in [-0.4, -0.2) is 34.7 Å². The van der Waals surface area contributed by atoms with Crippen LogP contribution < -0.4 is 0 Å². The Hall–Kier alpha value is -0.830. The fraction of sp³-hybridized carbons (Fsp3) is 0.727. The zero-order valence-electron chi connectivity index (χ0n) is 8.66. The molecule has 2 heterocycles. The zero-order valence-corrected chi connectivity index (χ0v) is 8.66. The third-order valence-corrected chi connectivity index (χ3v) is 3.90. The molecule has 0 saturated carbocycles. The molecule has 0 amide bonds. The van der Waals surface area contributed by atoms with Crippen LogP contribution in [0.2, 0.25) is 0 Å². The first kappa shape index (κ1) is 8.48. The van der Waals surface area contributed by atoms with Crippen LogP contribution in [-0.2, 0) is 12.8 Å². The van der Waals surface area contributed by atoms with Gasteiger partial charge in [-0.25, -0.2) is 0 Å². The Labute approximate surface area is 84.5 Å². The van der Waals surface area contributed by atoms with Crippen molar-refractivity contribution < 1.29 is 0 Å². The van der Waals surface area contributed by atoms with Gasteiger partial charge in [0.15, 0.2) is 0 Å². The summed E-state index contributed by atoms with van der Waals surface area (Å²) in [5, 5.41) is 7.28. The quantitative estimate of drug-likeness (QED) is 0.668. The van der Waals surface area contributed by atoms with Gasteiger partial charge in [-0.05, 0) is 50.8 Å². The largest absolute Gasteiger partial charge is 0.303 e. The lowest BCUT2D eigenvalue weighted by Crippen LogP contribution is -2.46. The van der Waals surface area contributed by atoms with Gasteiger partial charge in [0.1, 0.15) is 0 Å². The molecule has 3 heteroatoms. The van der Waals surface area contributed by atoms with Crippen molar-refractivity contribution >= 4 is 0 Å². The predicted molar refractivity (Wildman–Crippen MR) is 55.1 cm³/mol. The van der Waals surface area contributed by atoms with Crippen LogP contribution in [0.3, 0.4) is 0 Å². The highest BCUT2D eigenvalue weighted by molar-refractivity contribution is 5.22. The first-order chi connectivity index (χ1) is 6.84. The number of nitrogens with one attached hydrogen (secondary N) is 1. The Morgan fingerprint density at radius 1 is 1.50 bits per heavy atom. The van der Waals surface area contributed by atoms with Gasteiger partial charge in [0.2, 0.25) is 0 Å². The molecule has 1 saturated heterocycles. The van der Waals surface area contributed by atoms with E-state index in [-0.39, 0.29) is 0 Å². The third kappa shape index (κ3) is 1.19. The van der Waals surface area contributed by atoms with Crippen molar-refractivity contribution in [1.82, 2.24) is 15.1 Å². The molecular formula is C11H17N3. The number of piperidine rings is 1. The molecule has 1 aromatic rings. The summed E-state index contributed by atoms with van der Waals surface area (Å²) in [7, 11) is 2.27. The number of aromatic nitrogens is 2. The number of H-pyrrole nitrogens is 1. The van der Waals surface area contributed by atoms with Crippen LogP contribution in [0.15, 0.2) is 6.20 Å². The lowest BCUT2D eigenvalue weighted by atomic mass is 9.78. The number of rotatable bonds is 0. The molecule has 2 atom stereocenters. The van der Waals surface area contributed by atoms with E-state index in [9.17, 15) is 0 Å². The number of hydrogen-bond acceptors (Lipinski definition) is 2. The summed E-state index contributed by atoms with van der Waals surface area (Å²) in [6, 6.07) is 0.772. The van der Waals surface area contributed by atoms with Crippen molar-refractivity contribution in [3.63, 3.8) is 0 Å². The fourth-order valence-electron chi connectivity index (χ4n) is 3.06. The molecule has 3 nitrogen and oxygen atoms in total. The summed E-state index contributed by atoms with van der Waals surface area (Å²) in [6.07, 6.45) is 7.18. The normalized spacial score (nSPS) is 32.4. The van der Waals surface area contributed by atoms with Crippen LogP contribution in [0.25, 0.3) is 0 Å². The molecule has 3 rings (SSSR count). The van der Waals surface area contributed by atoms with E-state index in [2.05, 4.69) is 22.1 Å². The Morgan fingerprint density at radius 3 is 3.36 bits per heavy atom. The van der Waals surface area contributed by atoms with Gasteiger partial charge in [-0.1, -0.05) is 0 Å². The monoisotopic (exact) mass is 191 g/mol. The summed E-state index contributed by atoms with van der Waals surface area (Å²) in [6.45, 7) is 1.27. The van der Waals surface area contributed by atoms with Crippen molar-refractivity contribution in [2.75, 3.05) is 13.6 Å². The van der Waals surface area contributed by atoms with Crippen molar-refractivity contribution in [3.05, 3.63) is 17.5 Å². The molecular weight excluding hydrogens is 174 g/mol. The summed E-state index contributed by atoms with van der Waals surface area (Å²) in [4.78, 5) is 2.53. The van der Waals surface area contributed by atoms with Crippen LogP contribution in [0.4, 0.5) is 0 Å². The van der Waals surface area contributed by atoms with Gasteiger partial charge in [0.05, 0.1) is 6.20 Å². The Bertz CT molecular complexity index is 331. The van der Waals surface area contributed by atoms with E-state index in [1.165, 1.54) is 43.5 Å². The average molecular weight is 191 g/mol. The second-order valence-corrected chi connectivity index (χ2v) is 4.73. The van der Waals surface area contributed by atoms with Crippen molar-refractivity contribution in [2.45, 2.75) is 31.7 Å². The number of hydrogen-bond donors (Lipinski definition) is 1. The van der Waals surface area contributed by atoms with Gasteiger partial charge in [0, 0.05) is 11.7 Å². The minimum atomic E-state index is 0.772. The maximum absolute atomic E-state index is 4.14. The number of nitrogens with zero attached hydrogens (tertiary/aromatic N) is 2. The predicted octanol–water partition coefficient (Wildman–Crippen LogP) is 1.22. The van der Waals surface area contributed by atoms with E-state index >= 15 is 0 Å². The first-order valence-corrected chi connectivity index (χ1v) is 5.56. The molecule has 0 spiro atoms. The summed E-state index contributed by atoms with van der Waals surface area (Å²) in [5.41, 5.74) is 2.83. The molecule has 76 valence electrons. The van der Waals surface area contributed by atoms with Gasteiger partial charge in [-0.2, -0.15) is 5.10 Å². The minimum absolute atomic E-state index is 0.772. The van der Waals surface area contributed by atoms with Crippen molar-refractivity contribution in [1.29, 1.82) is 0 Å². The first-order valence-electron chi connectivity index (χ1n) is 5.56. The SMILES string of the molecule is CN1CCCC2Cc3[nH]ncc3CC21. The van der Waals surface area contributed by atoms with Crippen LogP contribution in [0.1, 0.15) is 24.1 Å². The lowest BCUT2D eigenvalue weighted by molar-refractivity contribution is 0.112.